The summed E-state index contributed by atoms with van der Waals surface area (Å²) in [5.74, 6) is 0. The zero-order chi connectivity index (χ0) is 30.6. The zero-order valence-electron chi connectivity index (χ0n) is 25.3. The minimum atomic E-state index is 0.971. The Morgan fingerprint density at radius 2 is 0.979 bits per heavy atom. The average Bonchev–Trinajstić information content (AvgIpc) is 3.53. The van der Waals surface area contributed by atoms with Crippen LogP contribution in [0.4, 0.5) is 28.4 Å². The number of anilines is 5. The molecule has 0 saturated carbocycles. The Morgan fingerprint density at radius 3 is 1.72 bits per heavy atom. The molecule has 2 aromatic heterocycles. The largest absolute Gasteiger partial charge is 0.352 e. The summed E-state index contributed by atoms with van der Waals surface area (Å²) in [5.41, 5.74) is 9.70. The lowest BCUT2D eigenvalue weighted by Crippen LogP contribution is -2.17. The molecule has 1 aliphatic rings. The summed E-state index contributed by atoms with van der Waals surface area (Å²) in [6, 6.07) is 54.8. The smallest absolute Gasteiger partial charge is 0.146 e. The molecule has 4 heteroatoms. The van der Waals surface area contributed by atoms with Crippen molar-refractivity contribution in [3.8, 4) is 0 Å². The van der Waals surface area contributed by atoms with E-state index in [1.165, 1.54) is 48.6 Å². The Balaban J connectivity index is 1.21. The van der Waals surface area contributed by atoms with Crippen molar-refractivity contribution >= 4 is 99.1 Å². The Bertz CT molecular complexity index is 2950. The first-order valence-corrected chi connectivity index (χ1v) is 16.1. The minimum absolute atomic E-state index is 0.971. The van der Waals surface area contributed by atoms with Gasteiger partial charge in [-0.25, -0.2) is 4.98 Å². The number of hydrogen-bond acceptors (Lipinski definition) is 3. The van der Waals surface area contributed by atoms with Crippen LogP contribution in [0.15, 0.2) is 152 Å². The van der Waals surface area contributed by atoms with Gasteiger partial charge in [-0.15, -0.1) is 0 Å². The van der Waals surface area contributed by atoms with Gasteiger partial charge in [0, 0.05) is 16.5 Å². The first-order chi connectivity index (χ1) is 23.3. The van der Waals surface area contributed by atoms with Crippen LogP contribution in [0.3, 0.4) is 0 Å². The highest BCUT2D eigenvalue weighted by molar-refractivity contribution is 6.27. The fourth-order valence-electron chi connectivity index (χ4n) is 7.99. The van der Waals surface area contributed by atoms with E-state index >= 15 is 0 Å². The molecule has 4 nitrogen and oxygen atoms in total. The van der Waals surface area contributed by atoms with Crippen molar-refractivity contribution in [2.24, 2.45) is 0 Å². The Morgan fingerprint density at radius 1 is 0.404 bits per heavy atom. The van der Waals surface area contributed by atoms with Crippen molar-refractivity contribution in [2.75, 3.05) is 10.2 Å². The van der Waals surface area contributed by atoms with Gasteiger partial charge in [-0.1, -0.05) is 103 Å². The van der Waals surface area contributed by atoms with Crippen molar-refractivity contribution in [3.05, 3.63) is 152 Å². The summed E-state index contributed by atoms with van der Waals surface area (Å²) in [4.78, 5) is 7.70. The fraction of sp³-hybridized carbons (Fsp3) is 0. The van der Waals surface area contributed by atoms with Crippen molar-refractivity contribution in [2.45, 2.75) is 0 Å². The lowest BCUT2D eigenvalue weighted by atomic mass is 9.92. The lowest BCUT2D eigenvalue weighted by Gasteiger charge is -2.34. The first-order valence-electron chi connectivity index (χ1n) is 16.1. The summed E-state index contributed by atoms with van der Waals surface area (Å²) in [5, 5.41) is 15.0. The highest BCUT2D eigenvalue weighted by Gasteiger charge is 2.26. The molecular formula is C43H26N4. The van der Waals surface area contributed by atoms with Crippen LogP contribution in [0.25, 0.3) is 70.7 Å². The maximum atomic E-state index is 5.31. The SMILES string of the molecule is c1ccc2c(c1)Nc1cc3c4ccccc4c4ccccc4c3cc1N2c1ccc2c(c1)nc1c3ccccc3c3ccccc3n21. The number of hydrogen-bond donors (Lipinski definition) is 1. The number of aromatic nitrogens is 2. The van der Waals surface area contributed by atoms with Crippen molar-refractivity contribution in [1.29, 1.82) is 0 Å². The van der Waals surface area contributed by atoms with Crippen LogP contribution in [-0.2, 0) is 0 Å². The third kappa shape index (κ3) is 3.34. The molecule has 0 bridgehead atoms. The molecule has 0 fully saturated rings. The Kier molecular flexibility index (Phi) is 4.81. The van der Waals surface area contributed by atoms with Crippen LogP contribution in [0.5, 0.6) is 0 Å². The van der Waals surface area contributed by atoms with Gasteiger partial charge < -0.3 is 10.2 Å². The minimum Gasteiger partial charge on any atom is -0.352 e. The molecule has 47 heavy (non-hydrogen) atoms. The number of para-hydroxylation sites is 3. The van der Waals surface area contributed by atoms with E-state index < -0.39 is 0 Å². The number of rotatable bonds is 1. The number of nitrogens with one attached hydrogen (secondary N) is 1. The predicted octanol–water partition coefficient (Wildman–Crippen LogP) is 11.8. The van der Waals surface area contributed by atoms with Gasteiger partial charge in [0.25, 0.3) is 0 Å². The molecule has 0 radical (unpaired) electrons. The molecule has 0 atom stereocenters. The molecule has 10 aromatic rings. The van der Waals surface area contributed by atoms with Gasteiger partial charge in [-0.2, -0.15) is 0 Å². The van der Waals surface area contributed by atoms with Crippen LogP contribution in [-0.4, -0.2) is 9.38 Å². The number of nitrogens with zero attached hydrogens (tertiary/aromatic N) is 3. The molecule has 0 spiro atoms. The summed E-state index contributed by atoms with van der Waals surface area (Å²) in [6.45, 7) is 0. The zero-order valence-corrected chi connectivity index (χ0v) is 25.3. The molecule has 0 aliphatic carbocycles. The molecule has 218 valence electrons. The predicted molar refractivity (Wildman–Crippen MR) is 198 cm³/mol. The highest BCUT2D eigenvalue weighted by Crippen LogP contribution is 2.51. The van der Waals surface area contributed by atoms with Crippen LogP contribution >= 0.6 is 0 Å². The number of pyridine rings is 1. The second kappa shape index (κ2) is 9.09. The van der Waals surface area contributed by atoms with Gasteiger partial charge in [0.2, 0.25) is 0 Å². The molecule has 0 saturated heterocycles. The van der Waals surface area contributed by atoms with E-state index in [1.807, 2.05) is 0 Å². The van der Waals surface area contributed by atoms with Gasteiger partial charge in [-0.3, -0.25) is 4.40 Å². The number of benzene rings is 8. The van der Waals surface area contributed by atoms with Gasteiger partial charge in [0.05, 0.1) is 39.3 Å². The molecule has 1 N–H and O–H groups in total. The van der Waals surface area contributed by atoms with E-state index in [4.69, 9.17) is 4.98 Å². The fourth-order valence-corrected chi connectivity index (χ4v) is 7.99. The van der Waals surface area contributed by atoms with Crippen LogP contribution in [0.2, 0.25) is 0 Å². The normalized spacial score (nSPS) is 12.8. The van der Waals surface area contributed by atoms with Crippen molar-refractivity contribution < 1.29 is 0 Å². The summed E-state index contributed by atoms with van der Waals surface area (Å²) < 4.78 is 2.32. The van der Waals surface area contributed by atoms with E-state index in [0.717, 1.165) is 50.5 Å². The first kappa shape index (κ1) is 24.9. The van der Waals surface area contributed by atoms with E-state index in [9.17, 15) is 0 Å². The monoisotopic (exact) mass is 598 g/mol. The van der Waals surface area contributed by atoms with Gasteiger partial charge >= 0.3 is 0 Å². The highest BCUT2D eigenvalue weighted by atomic mass is 15.2. The number of fused-ring (bicyclic) bond motifs is 16. The maximum Gasteiger partial charge on any atom is 0.146 e. The molecule has 8 aromatic carbocycles. The summed E-state index contributed by atoms with van der Waals surface area (Å²) in [6.07, 6.45) is 0. The van der Waals surface area contributed by atoms with E-state index in [1.54, 1.807) is 0 Å². The molecule has 0 amide bonds. The summed E-state index contributed by atoms with van der Waals surface area (Å²) in [7, 11) is 0. The lowest BCUT2D eigenvalue weighted by molar-refractivity contribution is 1.26. The van der Waals surface area contributed by atoms with E-state index in [-0.39, 0.29) is 0 Å². The second-order valence-corrected chi connectivity index (χ2v) is 12.5. The molecule has 1 aliphatic heterocycles. The van der Waals surface area contributed by atoms with Crippen LogP contribution in [0, 0.1) is 0 Å². The van der Waals surface area contributed by atoms with Gasteiger partial charge in [-0.05, 0) is 86.2 Å². The molecule has 11 rings (SSSR count). The molecule has 3 heterocycles. The summed E-state index contributed by atoms with van der Waals surface area (Å²) >= 11 is 0. The van der Waals surface area contributed by atoms with Crippen LogP contribution < -0.4 is 10.2 Å². The van der Waals surface area contributed by atoms with Gasteiger partial charge in [0.1, 0.15) is 5.65 Å². The maximum absolute atomic E-state index is 5.31. The second-order valence-electron chi connectivity index (χ2n) is 12.5. The van der Waals surface area contributed by atoms with E-state index in [0.29, 0.717) is 0 Å². The average molecular weight is 599 g/mol. The third-order valence-electron chi connectivity index (χ3n) is 10.0. The van der Waals surface area contributed by atoms with Crippen LogP contribution in [0.1, 0.15) is 0 Å². The Labute approximate surface area is 269 Å². The van der Waals surface area contributed by atoms with Crippen molar-refractivity contribution in [3.63, 3.8) is 0 Å². The molecule has 0 unspecified atom stereocenters. The third-order valence-corrected chi connectivity index (χ3v) is 10.0. The quantitative estimate of drug-likeness (QED) is 0.191. The topological polar surface area (TPSA) is 32.6 Å². The van der Waals surface area contributed by atoms with Gasteiger partial charge in [0.15, 0.2) is 0 Å². The Hall–Kier alpha value is -6.39. The molecular weight excluding hydrogens is 573 g/mol. The van der Waals surface area contributed by atoms with E-state index in [2.05, 4.69) is 166 Å². The van der Waals surface area contributed by atoms with Crippen molar-refractivity contribution in [1.82, 2.24) is 9.38 Å². The number of imidazole rings is 1. The standard InChI is InChI=1S/C43H26N4/c1-3-13-29-27(11-1)28-12-2-4-14-30(28)35-25-42-38(24-34(29)35)44-36-18-8-10-20-40(36)46(42)26-21-22-41-37(23-26)45-43-33-17-6-5-15-31(33)32-16-7-9-19-39(32)47(41)43/h1-25,44H.